The maximum atomic E-state index is 11.3. The number of pyridine rings is 1. The number of aromatic nitrogens is 1. The van der Waals surface area contributed by atoms with E-state index in [0.29, 0.717) is 19.6 Å². The van der Waals surface area contributed by atoms with Crippen molar-refractivity contribution in [1.82, 2.24) is 4.98 Å². The highest BCUT2D eigenvalue weighted by molar-refractivity contribution is 5.72. The highest BCUT2D eigenvalue weighted by atomic mass is 16.5. The third-order valence-corrected chi connectivity index (χ3v) is 3.27. The molecule has 0 aliphatic carbocycles. The molecule has 4 nitrogen and oxygen atoms in total. The molecule has 2 rings (SSSR count). The fraction of sp³-hybridized carbons (Fsp3) is 0.500. The predicted molar refractivity (Wildman–Crippen MR) is 58.2 cm³/mol. The van der Waals surface area contributed by atoms with Gasteiger partial charge in [0.1, 0.15) is 0 Å². The Morgan fingerprint density at radius 3 is 2.75 bits per heavy atom. The third-order valence-electron chi connectivity index (χ3n) is 3.27. The highest BCUT2D eigenvalue weighted by Crippen LogP contribution is 2.40. The lowest BCUT2D eigenvalue weighted by atomic mass is 9.69. The van der Waals surface area contributed by atoms with Crippen LogP contribution in [0.25, 0.3) is 0 Å². The smallest absolute Gasteiger partial charge is 0.307 e. The van der Waals surface area contributed by atoms with Crippen molar-refractivity contribution in [3.8, 4) is 0 Å². The Morgan fingerprint density at radius 2 is 2.38 bits per heavy atom. The number of aliphatic carboxylic acids is 1. The van der Waals surface area contributed by atoms with Gasteiger partial charge in [0.2, 0.25) is 0 Å². The summed E-state index contributed by atoms with van der Waals surface area (Å²) in [6.45, 7) is 2.80. The topological polar surface area (TPSA) is 59.4 Å². The SMILES string of the molecule is CCC(C(=O)O)C1(c2ccccn2)COC1. The van der Waals surface area contributed by atoms with Crippen LogP contribution in [-0.4, -0.2) is 29.3 Å². The summed E-state index contributed by atoms with van der Waals surface area (Å²) in [5.74, 6) is -1.19. The molecular weight excluding hydrogens is 206 g/mol. The second-order valence-electron chi connectivity index (χ2n) is 4.16. The second kappa shape index (κ2) is 4.22. The average molecular weight is 221 g/mol. The summed E-state index contributed by atoms with van der Waals surface area (Å²) >= 11 is 0. The van der Waals surface area contributed by atoms with E-state index >= 15 is 0 Å². The molecule has 1 atom stereocenters. The second-order valence-corrected chi connectivity index (χ2v) is 4.16. The van der Waals surface area contributed by atoms with E-state index in [1.165, 1.54) is 0 Å². The maximum Gasteiger partial charge on any atom is 0.307 e. The summed E-state index contributed by atoms with van der Waals surface area (Å²) in [6, 6.07) is 5.60. The minimum Gasteiger partial charge on any atom is -0.481 e. The number of ether oxygens (including phenoxy) is 1. The number of carbonyl (C=O) groups is 1. The molecule has 1 unspecified atom stereocenters. The van der Waals surface area contributed by atoms with Crippen LogP contribution in [0.15, 0.2) is 24.4 Å². The van der Waals surface area contributed by atoms with Crippen molar-refractivity contribution in [1.29, 1.82) is 0 Å². The first-order valence-corrected chi connectivity index (χ1v) is 5.43. The van der Waals surface area contributed by atoms with Crippen LogP contribution in [0, 0.1) is 5.92 Å². The van der Waals surface area contributed by atoms with Gasteiger partial charge in [-0.25, -0.2) is 0 Å². The molecule has 0 amide bonds. The van der Waals surface area contributed by atoms with Crippen LogP contribution in [0.4, 0.5) is 0 Å². The summed E-state index contributed by atoms with van der Waals surface area (Å²) in [4.78, 5) is 15.5. The van der Waals surface area contributed by atoms with Gasteiger partial charge in [0.05, 0.1) is 30.2 Å². The lowest BCUT2D eigenvalue weighted by molar-refractivity contribution is -0.157. The minimum atomic E-state index is -0.767. The molecule has 0 radical (unpaired) electrons. The third kappa shape index (κ3) is 1.59. The number of carboxylic acids is 1. The Balaban J connectivity index is 2.36. The zero-order valence-electron chi connectivity index (χ0n) is 9.22. The van der Waals surface area contributed by atoms with E-state index < -0.39 is 17.3 Å². The molecule has 1 aliphatic rings. The van der Waals surface area contributed by atoms with E-state index in [9.17, 15) is 9.90 Å². The summed E-state index contributed by atoms with van der Waals surface area (Å²) in [7, 11) is 0. The number of hydrogen-bond acceptors (Lipinski definition) is 3. The molecule has 1 aromatic heterocycles. The number of hydrogen-bond donors (Lipinski definition) is 1. The summed E-state index contributed by atoms with van der Waals surface area (Å²) in [5.41, 5.74) is 0.400. The molecule has 4 heteroatoms. The molecule has 86 valence electrons. The van der Waals surface area contributed by atoms with Gasteiger partial charge in [-0.3, -0.25) is 9.78 Å². The Kier molecular flexibility index (Phi) is 2.92. The van der Waals surface area contributed by atoms with E-state index in [4.69, 9.17) is 4.74 Å². The lowest BCUT2D eigenvalue weighted by Gasteiger charge is -2.44. The van der Waals surface area contributed by atoms with E-state index in [0.717, 1.165) is 5.69 Å². The largest absolute Gasteiger partial charge is 0.481 e. The van der Waals surface area contributed by atoms with Gasteiger partial charge in [0.15, 0.2) is 0 Å². The van der Waals surface area contributed by atoms with Gasteiger partial charge in [-0.2, -0.15) is 0 Å². The molecule has 0 saturated carbocycles. The molecule has 1 N–H and O–H groups in total. The molecule has 16 heavy (non-hydrogen) atoms. The lowest BCUT2D eigenvalue weighted by Crippen LogP contribution is -2.55. The monoisotopic (exact) mass is 221 g/mol. The highest BCUT2D eigenvalue weighted by Gasteiger charge is 2.50. The minimum absolute atomic E-state index is 0.420. The number of nitrogens with zero attached hydrogens (tertiary/aromatic N) is 1. The van der Waals surface area contributed by atoms with Crippen molar-refractivity contribution < 1.29 is 14.6 Å². The van der Waals surface area contributed by atoms with Crippen LogP contribution in [0.2, 0.25) is 0 Å². The molecular formula is C12H15NO3. The molecule has 0 spiro atoms. The van der Waals surface area contributed by atoms with Crippen LogP contribution < -0.4 is 0 Å². The van der Waals surface area contributed by atoms with Gasteiger partial charge in [0.25, 0.3) is 0 Å². The van der Waals surface area contributed by atoms with Gasteiger partial charge < -0.3 is 9.84 Å². The average Bonchev–Trinajstić information content (AvgIpc) is 2.23. The molecule has 0 aromatic carbocycles. The Morgan fingerprint density at radius 1 is 1.62 bits per heavy atom. The Labute approximate surface area is 94.3 Å². The predicted octanol–water partition coefficient (Wildman–Crippen LogP) is 1.46. The van der Waals surface area contributed by atoms with E-state index in [-0.39, 0.29) is 0 Å². The Bertz CT molecular complexity index is 373. The van der Waals surface area contributed by atoms with E-state index in [1.54, 1.807) is 6.20 Å². The van der Waals surface area contributed by atoms with Crippen molar-refractivity contribution >= 4 is 5.97 Å². The quantitative estimate of drug-likeness (QED) is 0.836. The number of rotatable bonds is 4. The maximum absolute atomic E-state index is 11.3. The van der Waals surface area contributed by atoms with E-state index in [2.05, 4.69) is 4.98 Å². The fourth-order valence-electron chi connectivity index (χ4n) is 2.31. The molecule has 0 bridgehead atoms. The molecule has 1 aliphatic heterocycles. The summed E-state index contributed by atoms with van der Waals surface area (Å²) in [6.07, 6.45) is 2.29. The first kappa shape index (κ1) is 11.1. The molecule has 2 heterocycles. The van der Waals surface area contributed by atoms with Gasteiger partial charge in [0, 0.05) is 6.20 Å². The van der Waals surface area contributed by atoms with Gasteiger partial charge >= 0.3 is 5.97 Å². The molecule has 1 aromatic rings. The van der Waals surface area contributed by atoms with Gasteiger partial charge in [-0.05, 0) is 18.6 Å². The van der Waals surface area contributed by atoms with E-state index in [1.807, 2.05) is 25.1 Å². The fourth-order valence-corrected chi connectivity index (χ4v) is 2.31. The number of carboxylic acid groups (broad SMARTS) is 1. The van der Waals surface area contributed by atoms with Gasteiger partial charge in [-0.15, -0.1) is 0 Å². The summed E-state index contributed by atoms with van der Waals surface area (Å²) < 4.78 is 5.22. The summed E-state index contributed by atoms with van der Waals surface area (Å²) in [5, 5.41) is 9.25. The van der Waals surface area contributed by atoms with Crippen molar-refractivity contribution in [3.63, 3.8) is 0 Å². The van der Waals surface area contributed by atoms with Crippen molar-refractivity contribution in [2.75, 3.05) is 13.2 Å². The van der Waals surface area contributed by atoms with Crippen molar-refractivity contribution in [2.45, 2.75) is 18.8 Å². The first-order valence-electron chi connectivity index (χ1n) is 5.43. The van der Waals surface area contributed by atoms with Crippen LogP contribution in [-0.2, 0) is 14.9 Å². The normalized spacial score (nSPS) is 19.8. The Hall–Kier alpha value is -1.42. The molecule has 1 saturated heterocycles. The first-order chi connectivity index (χ1) is 7.70. The van der Waals surface area contributed by atoms with Crippen molar-refractivity contribution in [2.24, 2.45) is 5.92 Å². The molecule has 1 fully saturated rings. The standard InChI is InChI=1S/C12H15NO3/c1-2-9(11(14)15)12(7-16-8-12)10-5-3-4-6-13-10/h3-6,9H,2,7-8H2,1H3,(H,14,15). The van der Waals surface area contributed by atoms with Crippen molar-refractivity contribution in [3.05, 3.63) is 30.1 Å². The zero-order chi connectivity index (χ0) is 11.6. The van der Waals surface area contributed by atoms with Crippen LogP contribution >= 0.6 is 0 Å². The zero-order valence-corrected chi connectivity index (χ0v) is 9.22. The van der Waals surface area contributed by atoms with Crippen LogP contribution in [0.3, 0.4) is 0 Å². The van der Waals surface area contributed by atoms with Crippen LogP contribution in [0.5, 0.6) is 0 Å². The van der Waals surface area contributed by atoms with Gasteiger partial charge in [-0.1, -0.05) is 13.0 Å². The van der Waals surface area contributed by atoms with Crippen LogP contribution in [0.1, 0.15) is 19.0 Å².